The molecule has 0 fully saturated rings. The lowest BCUT2D eigenvalue weighted by molar-refractivity contribution is 0.568. The second-order valence-corrected chi connectivity index (χ2v) is 48.9. The summed E-state index contributed by atoms with van der Waals surface area (Å²) in [5.74, 6) is 0. The predicted octanol–water partition coefficient (Wildman–Crippen LogP) is 36.5. The van der Waals surface area contributed by atoms with Crippen molar-refractivity contribution in [2.75, 3.05) is 9.80 Å². The third kappa shape index (κ3) is 19.8. The first kappa shape index (κ1) is 91.7. The summed E-state index contributed by atoms with van der Waals surface area (Å²) in [6.45, 7) is 85.8. The van der Waals surface area contributed by atoms with Crippen LogP contribution in [0.25, 0.3) is 88.3 Å². The zero-order valence-corrected chi connectivity index (χ0v) is 83.0. The fraction of sp³-hybridized carbons (Fsp3) is 0.393. The highest BCUT2D eigenvalue weighted by Gasteiger charge is 2.35. The fourth-order valence-corrected chi connectivity index (χ4v) is 17.1. The highest BCUT2D eigenvalue weighted by molar-refractivity contribution is 6.25. The summed E-state index contributed by atoms with van der Waals surface area (Å²) in [6, 6.07) is 97.8. The van der Waals surface area contributed by atoms with Gasteiger partial charge in [-0.2, -0.15) is 0 Å². The smallest absolute Gasteiger partial charge is 0.0620 e. The van der Waals surface area contributed by atoms with Crippen LogP contribution in [0.1, 0.15) is 316 Å². The second kappa shape index (κ2) is 32.1. The molecular weight excluding hydrogens is 1490 g/mol. The molecule has 0 aliphatic carbocycles. The monoisotopic (exact) mass is 1640 g/mol. The van der Waals surface area contributed by atoms with Crippen LogP contribution in [-0.4, -0.2) is 0 Å². The van der Waals surface area contributed by atoms with Crippen molar-refractivity contribution in [3.8, 4) is 66.8 Å². The normalized spacial score (nSPS) is 13.3. The summed E-state index contributed by atoms with van der Waals surface area (Å²) in [5, 5.41) is 4.50. The van der Waals surface area contributed by atoms with Gasteiger partial charge in [0.05, 0.1) is 11.4 Å². The molecule has 13 aromatic carbocycles. The molecule has 646 valence electrons. The zero-order valence-electron chi connectivity index (χ0n) is 83.0. The van der Waals surface area contributed by atoms with E-state index in [0.717, 1.165) is 100 Å². The van der Waals surface area contributed by atoms with Crippen molar-refractivity contribution in [2.24, 2.45) is 0 Å². The molecule has 0 heterocycles. The van der Waals surface area contributed by atoms with Crippen molar-refractivity contribution in [1.82, 2.24) is 0 Å². The fourth-order valence-electron chi connectivity index (χ4n) is 17.1. The standard InChI is InChI=1S/C122H148N2/c1-111(2,3)89-53-85(54-90(67-89)112(4,5)6)81-51-82(86-55-91(113(7,8)9)68-92(56-86)114(10,11)12)62-101(61-81)123(103-73-97(119(25,26)27)71-98(74-103)120(28,29)30)109-105-49-47-80(78-45-41-38-42-46-78)66-108(105)110(106-50-48-79(65-107(106)109)77-43-39-37-40-44-77)124(104-75-99(121(31,32)33)72-100(76-104)122(34,35)36)102-63-83(87-57-93(115(13,14)15)69-94(58-87)116(16,17)18)52-84(64-102)88-59-95(117(19,20)21)70-96(60-88)118(22,23)24/h37-76H,1-36H3. The molecule has 0 unspecified atom stereocenters. The molecule has 0 amide bonds. The molecule has 0 aromatic heterocycles. The largest absolute Gasteiger partial charge is 0.309 e. The van der Waals surface area contributed by atoms with Crippen molar-refractivity contribution in [2.45, 2.75) is 314 Å². The molecule has 0 saturated carbocycles. The van der Waals surface area contributed by atoms with Gasteiger partial charge in [0.25, 0.3) is 0 Å². The molecule has 13 rings (SSSR count). The SMILES string of the molecule is CC(C)(C)c1cc(-c2cc(-c3cc(C(C)(C)C)cc(C(C)(C)C)c3)cc(N(c3cc(C(C)(C)C)cc(C(C)(C)C)c3)c3c4ccc(-c5ccccc5)cc4c(N(c4cc(-c5cc(C(C)(C)C)cc(C(C)(C)C)c5)cc(-c5cc(C(C)(C)C)cc(C(C)(C)C)c5)c4)c4cc(C(C)(C)C)cc(C(C)(C)C)c4)c4ccc(-c5ccccc5)cc34)c2)cc(C(C)(C)C)c1. The quantitative estimate of drug-likeness (QED) is 0.0888. The number of benzene rings is 13. The Labute approximate surface area is 750 Å². The van der Waals surface area contributed by atoms with Gasteiger partial charge in [0.2, 0.25) is 0 Å². The minimum absolute atomic E-state index is 0.143. The van der Waals surface area contributed by atoms with Crippen molar-refractivity contribution in [1.29, 1.82) is 0 Å². The van der Waals surface area contributed by atoms with E-state index >= 15 is 0 Å². The van der Waals surface area contributed by atoms with E-state index in [1.54, 1.807) is 0 Å². The van der Waals surface area contributed by atoms with Crippen LogP contribution in [0.4, 0.5) is 34.1 Å². The molecule has 13 aromatic rings. The van der Waals surface area contributed by atoms with Gasteiger partial charge in [-0.3, -0.25) is 0 Å². The number of fused-ring (bicyclic) bond motifs is 2. The van der Waals surface area contributed by atoms with Gasteiger partial charge in [0.1, 0.15) is 0 Å². The van der Waals surface area contributed by atoms with Gasteiger partial charge >= 0.3 is 0 Å². The van der Waals surface area contributed by atoms with Crippen LogP contribution in [0.15, 0.2) is 243 Å². The summed E-state index contributed by atoms with van der Waals surface area (Å²) < 4.78 is 0. The molecule has 0 aliphatic rings. The Hall–Kier alpha value is -10.0. The molecule has 124 heavy (non-hydrogen) atoms. The van der Waals surface area contributed by atoms with Crippen LogP contribution < -0.4 is 9.80 Å². The van der Waals surface area contributed by atoms with Gasteiger partial charge in [-0.15, -0.1) is 0 Å². The first-order valence-corrected chi connectivity index (χ1v) is 46.0. The lowest BCUT2D eigenvalue weighted by Crippen LogP contribution is -2.20. The summed E-state index contributed by atoms with van der Waals surface area (Å²) in [7, 11) is 0. The molecule has 2 heteroatoms. The molecule has 0 atom stereocenters. The summed E-state index contributed by atoms with van der Waals surface area (Å²) in [5.41, 5.74) is 34.1. The molecule has 0 N–H and O–H groups in total. The number of rotatable bonds is 12. The van der Waals surface area contributed by atoms with Crippen molar-refractivity contribution >= 4 is 55.7 Å². The van der Waals surface area contributed by atoms with Gasteiger partial charge in [-0.25, -0.2) is 0 Å². The van der Waals surface area contributed by atoms with Crippen LogP contribution in [0.3, 0.4) is 0 Å². The third-order valence-electron chi connectivity index (χ3n) is 25.9. The first-order chi connectivity index (χ1) is 57.0. The third-order valence-corrected chi connectivity index (χ3v) is 25.9. The topological polar surface area (TPSA) is 6.48 Å². The minimum Gasteiger partial charge on any atom is -0.309 e. The molecule has 2 nitrogen and oxygen atoms in total. The lowest BCUT2D eigenvalue weighted by atomic mass is 9.78. The van der Waals surface area contributed by atoms with E-state index in [0.29, 0.717) is 0 Å². The Balaban J connectivity index is 1.33. The number of anilines is 6. The van der Waals surface area contributed by atoms with Gasteiger partial charge < -0.3 is 9.80 Å². The summed E-state index contributed by atoms with van der Waals surface area (Å²) in [4.78, 5) is 5.48. The minimum atomic E-state index is -0.243. The summed E-state index contributed by atoms with van der Waals surface area (Å²) >= 11 is 0. The van der Waals surface area contributed by atoms with E-state index in [1.165, 1.54) is 89.0 Å². The molecule has 0 saturated heterocycles. The van der Waals surface area contributed by atoms with Crippen LogP contribution in [0.5, 0.6) is 0 Å². The number of hydrogen-bond acceptors (Lipinski definition) is 2. The van der Waals surface area contributed by atoms with E-state index in [1.807, 2.05) is 0 Å². The van der Waals surface area contributed by atoms with Crippen molar-refractivity contribution in [3.63, 3.8) is 0 Å². The predicted molar refractivity (Wildman–Crippen MR) is 548 cm³/mol. The van der Waals surface area contributed by atoms with Gasteiger partial charge in [0.15, 0.2) is 0 Å². The Morgan fingerprint density at radius 2 is 0.298 bits per heavy atom. The van der Waals surface area contributed by atoms with E-state index in [9.17, 15) is 0 Å². The maximum absolute atomic E-state index is 2.74. The maximum Gasteiger partial charge on any atom is 0.0620 e. The average Bonchev–Trinajstić information content (AvgIpc) is 0.708. The average molecular weight is 1640 g/mol. The van der Waals surface area contributed by atoms with Crippen molar-refractivity contribution in [3.05, 3.63) is 309 Å². The Kier molecular flexibility index (Phi) is 23.8. The molecule has 0 spiro atoms. The van der Waals surface area contributed by atoms with E-state index < -0.39 is 0 Å². The Bertz CT molecular complexity index is 5420. The van der Waals surface area contributed by atoms with Crippen LogP contribution >= 0.6 is 0 Å². The number of hydrogen-bond donors (Lipinski definition) is 0. The van der Waals surface area contributed by atoms with Gasteiger partial charge in [0, 0.05) is 44.3 Å². The Morgan fingerprint density at radius 3 is 0.484 bits per heavy atom. The highest BCUT2D eigenvalue weighted by atomic mass is 15.2. The van der Waals surface area contributed by atoms with Gasteiger partial charge in [-0.05, 0) is 271 Å². The molecule has 0 radical (unpaired) electrons. The van der Waals surface area contributed by atoms with E-state index in [-0.39, 0.29) is 65.0 Å². The van der Waals surface area contributed by atoms with Crippen molar-refractivity contribution < 1.29 is 0 Å². The van der Waals surface area contributed by atoms with Crippen LogP contribution in [0.2, 0.25) is 0 Å². The van der Waals surface area contributed by atoms with E-state index in [2.05, 4.69) is 502 Å². The van der Waals surface area contributed by atoms with Gasteiger partial charge in [-0.1, -0.05) is 419 Å². The highest BCUT2D eigenvalue weighted by Crippen LogP contribution is 2.57. The van der Waals surface area contributed by atoms with Crippen LogP contribution in [0, 0.1) is 0 Å². The number of nitrogens with zero attached hydrogens (tertiary/aromatic N) is 2. The molecule has 0 bridgehead atoms. The maximum atomic E-state index is 2.74. The first-order valence-electron chi connectivity index (χ1n) is 46.0. The van der Waals surface area contributed by atoms with E-state index in [4.69, 9.17) is 0 Å². The molecular formula is C122H148N2. The van der Waals surface area contributed by atoms with Crippen LogP contribution in [-0.2, 0) is 65.0 Å². The molecule has 0 aliphatic heterocycles. The summed E-state index contributed by atoms with van der Waals surface area (Å²) in [6.07, 6.45) is 0. The Morgan fingerprint density at radius 1 is 0.129 bits per heavy atom. The zero-order chi connectivity index (χ0) is 91.1. The lowest BCUT2D eigenvalue weighted by Gasteiger charge is -2.36. The second-order valence-electron chi connectivity index (χ2n) is 48.9.